The van der Waals surface area contributed by atoms with Crippen LogP contribution in [-0.2, 0) is 4.79 Å². The highest BCUT2D eigenvalue weighted by Gasteiger charge is 2.07. The Bertz CT molecular complexity index is 451. The van der Waals surface area contributed by atoms with E-state index in [0.717, 1.165) is 11.8 Å². The molecule has 17 heavy (non-hydrogen) atoms. The fourth-order valence-corrected chi connectivity index (χ4v) is 1.40. The van der Waals surface area contributed by atoms with Gasteiger partial charge in [-0.15, -0.1) is 0 Å². The molecule has 0 fully saturated rings. The molecule has 9 heteroatoms. The molecule has 92 valence electrons. The molecular formula is C8H12N6O2S. The molecule has 0 atom stereocenters. The standard InChI is InChI=1S/C8H12N6O2S/c1-4-2-5(14-16-4)12-6(15)3-17-8(11)13-7(9)10/h2H,3H2,1H3,(H,12,14,15)(H5,9,10,11,13). The summed E-state index contributed by atoms with van der Waals surface area (Å²) in [6.45, 7) is 1.71. The van der Waals surface area contributed by atoms with Crippen LogP contribution in [0, 0.1) is 12.3 Å². The number of hydrogen-bond acceptors (Lipinski definition) is 5. The van der Waals surface area contributed by atoms with Crippen molar-refractivity contribution < 1.29 is 9.32 Å². The molecule has 1 aromatic rings. The van der Waals surface area contributed by atoms with Gasteiger partial charge in [-0.25, -0.2) is 0 Å². The second kappa shape index (κ2) is 5.89. The molecule has 1 rings (SSSR count). The highest BCUT2D eigenvalue weighted by atomic mass is 32.2. The van der Waals surface area contributed by atoms with Crippen molar-refractivity contribution in [2.75, 3.05) is 11.1 Å². The number of guanidine groups is 1. The van der Waals surface area contributed by atoms with Gasteiger partial charge in [0.05, 0.1) is 5.75 Å². The Balaban J connectivity index is 2.36. The van der Waals surface area contributed by atoms with E-state index in [1.165, 1.54) is 0 Å². The van der Waals surface area contributed by atoms with Crippen molar-refractivity contribution in [2.45, 2.75) is 6.92 Å². The lowest BCUT2D eigenvalue weighted by molar-refractivity contribution is -0.113. The molecule has 0 aromatic carbocycles. The number of hydrogen-bond donors (Lipinski definition) is 4. The third-order valence-electron chi connectivity index (χ3n) is 1.47. The van der Waals surface area contributed by atoms with Gasteiger partial charge < -0.3 is 21.3 Å². The number of rotatable bonds is 3. The summed E-state index contributed by atoms with van der Waals surface area (Å²) in [5, 5.41) is 13.3. The number of aryl methyl sites for hydroxylation is 1. The Kier molecular flexibility index (Phi) is 4.52. The number of aliphatic imine (C=N–C) groups is 1. The van der Waals surface area contributed by atoms with E-state index in [-0.39, 0.29) is 22.8 Å². The van der Waals surface area contributed by atoms with E-state index < -0.39 is 0 Å². The Labute approximate surface area is 101 Å². The van der Waals surface area contributed by atoms with Crippen molar-refractivity contribution in [1.29, 1.82) is 5.41 Å². The summed E-state index contributed by atoms with van der Waals surface area (Å²) in [4.78, 5) is 14.9. The summed E-state index contributed by atoms with van der Waals surface area (Å²) in [5.74, 6) is 0.415. The van der Waals surface area contributed by atoms with Gasteiger partial charge in [0.25, 0.3) is 0 Å². The number of carbonyl (C=O) groups excluding carboxylic acids is 1. The van der Waals surface area contributed by atoms with Gasteiger partial charge in [0.2, 0.25) is 5.91 Å². The number of anilines is 1. The largest absolute Gasteiger partial charge is 0.370 e. The number of nitrogens with two attached hydrogens (primary N) is 2. The van der Waals surface area contributed by atoms with Crippen LogP contribution in [0.1, 0.15) is 5.76 Å². The zero-order valence-corrected chi connectivity index (χ0v) is 9.87. The topological polar surface area (TPSA) is 143 Å². The van der Waals surface area contributed by atoms with E-state index in [4.69, 9.17) is 21.4 Å². The molecule has 1 heterocycles. The zero-order valence-electron chi connectivity index (χ0n) is 9.06. The molecule has 0 aliphatic heterocycles. The minimum absolute atomic E-state index is 0.0154. The van der Waals surface area contributed by atoms with E-state index in [1.54, 1.807) is 13.0 Å². The molecule has 0 saturated heterocycles. The molecule has 0 aliphatic carbocycles. The predicted octanol–water partition coefficient (Wildman–Crippen LogP) is -0.137. The second-order valence-corrected chi connectivity index (χ2v) is 3.97. The molecule has 8 nitrogen and oxygen atoms in total. The molecule has 0 spiro atoms. The van der Waals surface area contributed by atoms with Crippen LogP contribution < -0.4 is 16.8 Å². The molecular weight excluding hydrogens is 244 g/mol. The fourth-order valence-electron chi connectivity index (χ4n) is 0.888. The van der Waals surface area contributed by atoms with Crippen LogP contribution >= 0.6 is 11.8 Å². The number of thioether (sulfide) groups is 1. The lowest BCUT2D eigenvalue weighted by Crippen LogP contribution is -2.24. The van der Waals surface area contributed by atoms with E-state index in [1.807, 2.05) is 0 Å². The molecule has 0 aliphatic rings. The molecule has 1 aromatic heterocycles. The molecule has 0 bridgehead atoms. The lowest BCUT2D eigenvalue weighted by atomic mass is 10.5. The number of amides is 1. The van der Waals surface area contributed by atoms with Crippen LogP contribution in [0.15, 0.2) is 15.6 Å². The minimum atomic E-state index is -0.321. The lowest BCUT2D eigenvalue weighted by Gasteiger charge is -2.00. The summed E-state index contributed by atoms with van der Waals surface area (Å²) in [6, 6.07) is 1.59. The second-order valence-electron chi connectivity index (χ2n) is 3.00. The number of nitrogens with zero attached hydrogens (tertiary/aromatic N) is 2. The molecule has 0 saturated carbocycles. The summed E-state index contributed by atoms with van der Waals surface area (Å²) >= 11 is 0.904. The smallest absolute Gasteiger partial charge is 0.236 e. The van der Waals surface area contributed by atoms with E-state index >= 15 is 0 Å². The molecule has 0 unspecified atom stereocenters. The molecule has 6 N–H and O–H groups in total. The highest BCUT2D eigenvalue weighted by Crippen LogP contribution is 2.09. The summed E-state index contributed by atoms with van der Waals surface area (Å²) in [7, 11) is 0. The summed E-state index contributed by atoms with van der Waals surface area (Å²) in [5.41, 5.74) is 10.2. The van der Waals surface area contributed by atoms with Crippen molar-refractivity contribution in [2.24, 2.45) is 16.5 Å². The number of aromatic nitrogens is 1. The minimum Gasteiger partial charge on any atom is -0.370 e. The van der Waals surface area contributed by atoms with Gasteiger partial charge in [-0.2, -0.15) is 4.99 Å². The van der Waals surface area contributed by atoms with E-state index in [2.05, 4.69) is 15.5 Å². The first-order chi connectivity index (χ1) is 7.97. The van der Waals surface area contributed by atoms with E-state index in [0.29, 0.717) is 11.6 Å². The normalized spacial score (nSPS) is 9.71. The molecule has 0 radical (unpaired) electrons. The third-order valence-corrected chi connectivity index (χ3v) is 2.24. The van der Waals surface area contributed by atoms with Gasteiger partial charge in [0, 0.05) is 6.07 Å². The first-order valence-corrected chi connectivity index (χ1v) is 5.50. The Hall–Kier alpha value is -2.03. The summed E-state index contributed by atoms with van der Waals surface area (Å²) in [6.07, 6.45) is 0. The third kappa shape index (κ3) is 5.02. The van der Waals surface area contributed by atoms with Crippen molar-refractivity contribution in [1.82, 2.24) is 5.16 Å². The van der Waals surface area contributed by atoms with Crippen molar-refractivity contribution in [3.05, 3.63) is 11.8 Å². The predicted molar refractivity (Wildman–Crippen MR) is 65.9 cm³/mol. The fraction of sp³-hybridized carbons (Fsp3) is 0.250. The SMILES string of the molecule is Cc1cc(NC(=O)CSC(=N)N=C(N)N)no1. The number of amidine groups is 1. The van der Waals surface area contributed by atoms with Crippen molar-refractivity contribution in [3.8, 4) is 0 Å². The Morgan fingerprint density at radius 2 is 2.41 bits per heavy atom. The van der Waals surface area contributed by atoms with Gasteiger partial charge in [-0.05, 0) is 6.92 Å². The maximum absolute atomic E-state index is 11.4. The van der Waals surface area contributed by atoms with Crippen molar-refractivity contribution in [3.63, 3.8) is 0 Å². The van der Waals surface area contributed by atoms with Crippen LogP contribution in [-0.4, -0.2) is 27.9 Å². The average molecular weight is 256 g/mol. The number of carbonyl (C=O) groups is 1. The van der Waals surface area contributed by atoms with Gasteiger partial charge in [-0.3, -0.25) is 10.2 Å². The Morgan fingerprint density at radius 3 is 2.94 bits per heavy atom. The first-order valence-electron chi connectivity index (χ1n) is 4.51. The maximum Gasteiger partial charge on any atom is 0.236 e. The van der Waals surface area contributed by atoms with Crippen LogP contribution in [0.3, 0.4) is 0 Å². The quantitative estimate of drug-likeness (QED) is 0.438. The maximum atomic E-state index is 11.4. The molecule has 1 amide bonds. The van der Waals surface area contributed by atoms with Crippen LogP contribution in [0.25, 0.3) is 0 Å². The average Bonchev–Trinajstić information content (AvgIpc) is 2.60. The first kappa shape index (κ1) is 13.0. The van der Waals surface area contributed by atoms with Crippen LogP contribution in [0.5, 0.6) is 0 Å². The van der Waals surface area contributed by atoms with Gasteiger partial charge in [0.1, 0.15) is 5.76 Å². The van der Waals surface area contributed by atoms with Crippen LogP contribution in [0.4, 0.5) is 5.82 Å². The van der Waals surface area contributed by atoms with Gasteiger partial charge >= 0.3 is 0 Å². The number of nitrogens with one attached hydrogen (secondary N) is 2. The Morgan fingerprint density at radius 1 is 1.71 bits per heavy atom. The monoisotopic (exact) mass is 256 g/mol. The van der Waals surface area contributed by atoms with Crippen molar-refractivity contribution >= 4 is 34.6 Å². The highest BCUT2D eigenvalue weighted by molar-refractivity contribution is 8.14. The van der Waals surface area contributed by atoms with Crippen LogP contribution in [0.2, 0.25) is 0 Å². The summed E-state index contributed by atoms with van der Waals surface area (Å²) < 4.78 is 4.77. The zero-order chi connectivity index (χ0) is 12.8. The van der Waals surface area contributed by atoms with Gasteiger partial charge in [-0.1, -0.05) is 16.9 Å². The van der Waals surface area contributed by atoms with E-state index in [9.17, 15) is 4.79 Å². The van der Waals surface area contributed by atoms with Gasteiger partial charge in [0.15, 0.2) is 16.9 Å².